The Morgan fingerprint density at radius 3 is 2.82 bits per heavy atom. The molecule has 0 aliphatic heterocycles. The zero-order valence-corrected chi connectivity index (χ0v) is 11.3. The minimum Gasteiger partial charge on any atom is -0.478 e. The van der Waals surface area contributed by atoms with E-state index in [1.54, 1.807) is 0 Å². The van der Waals surface area contributed by atoms with Gasteiger partial charge in [0.1, 0.15) is 0 Å². The molecule has 0 N–H and O–H groups in total. The summed E-state index contributed by atoms with van der Waals surface area (Å²) < 4.78 is 5.51. The molecule has 0 aliphatic carbocycles. The number of hydrogen-bond donors (Lipinski definition) is 0. The largest absolute Gasteiger partial charge is 0.478 e. The number of fused-ring (bicyclic) bond motifs is 1. The van der Waals surface area contributed by atoms with Crippen LogP contribution in [0.3, 0.4) is 0 Å². The van der Waals surface area contributed by atoms with Crippen molar-refractivity contribution >= 4 is 22.7 Å². The minimum atomic E-state index is 0.654. The third kappa shape index (κ3) is 2.55. The predicted octanol–water partition coefficient (Wildman–Crippen LogP) is 4.05. The zero-order valence-electron chi connectivity index (χ0n) is 10.5. The Morgan fingerprint density at radius 2 is 2.12 bits per heavy atom. The summed E-state index contributed by atoms with van der Waals surface area (Å²) in [6, 6.07) is 8.34. The third-order valence-electron chi connectivity index (χ3n) is 2.58. The molecule has 0 amide bonds. The number of aromatic nitrogens is 1. The lowest BCUT2D eigenvalue weighted by atomic mass is 10.1. The van der Waals surface area contributed by atoms with Crippen LogP contribution in [-0.4, -0.2) is 17.3 Å². The van der Waals surface area contributed by atoms with Crippen LogP contribution in [0.5, 0.6) is 5.88 Å². The van der Waals surface area contributed by atoms with Crippen molar-refractivity contribution in [2.24, 2.45) is 0 Å². The van der Waals surface area contributed by atoms with E-state index in [0.29, 0.717) is 6.61 Å². The van der Waals surface area contributed by atoms with Crippen molar-refractivity contribution in [3.8, 4) is 5.88 Å². The second-order valence-electron chi connectivity index (χ2n) is 3.80. The lowest BCUT2D eigenvalue weighted by Gasteiger charge is -2.09. The molecule has 0 spiro atoms. The van der Waals surface area contributed by atoms with Crippen LogP contribution in [0.15, 0.2) is 29.2 Å². The van der Waals surface area contributed by atoms with Gasteiger partial charge in [0.15, 0.2) is 0 Å². The number of ether oxygens (including phenoxy) is 1. The Bertz CT molecular complexity index is 525. The van der Waals surface area contributed by atoms with E-state index in [1.165, 1.54) is 15.8 Å². The van der Waals surface area contributed by atoms with E-state index in [9.17, 15) is 0 Å². The molecular formula is C14H17NOS. The van der Waals surface area contributed by atoms with Crippen molar-refractivity contribution in [3.63, 3.8) is 0 Å². The van der Waals surface area contributed by atoms with E-state index in [-0.39, 0.29) is 0 Å². The van der Waals surface area contributed by atoms with Gasteiger partial charge < -0.3 is 4.74 Å². The molecule has 0 radical (unpaired) electrons. The standard InChI is InChI=1S/C14H17NOS/c1-4-16-13-9-10(3)11-7-6-8-12(17-5-2)14(11)15-13/h6-9H,4-5H2,1-3H3. The van der Waals surface area contributed by atoms with Gasteiger partial charge in [0.05, 0.1) is 12.1 Å². The molecule has 2 nitrogen and oxygen atoms in total. The molecule has 0 unspecified atom stereocenters. The fourth-order valence-corrected chi connectivity index (χ4v) is 2.63. The molecule has 0 fully saturated rings. The molecule has 0 atom stereocenters. The molecule has 2 rings (SSSR count). The van der Waals surface area contributed by atoms with Crippen molar-refractivity contribution < 1.29 is 4.74 Å². The van der Waals surface area contributed by atoms with E-state index in [4.69, 9.17) is 4.74 Å². The molecule has 0 bridgehead atoms. The van der Waals surface area contributed by atoms with Crippen LogP contribution in [0, 0.1) is 6.92 Å². The highest BCUT2D eigenvalue weighted by Crippen LogP contribution is 2.30. The molecule has 90 valence electrons. The average Bonchev–Trinajstić information content (AvgIpc) is 2.31. The summed E-state index contributed by atoms with van der Waals surface area (Å²) in [4.78, 5) is 5.83. The van der Waals surface area contributed by atoms with E-state index in [1.807, 2.05) is 24.8 Å². The number of rotatable bonds is 4. The number of nitrogens with zero attached hydrogens (tertiary/aromatic N) is 1. The summed E-state index contributed by atoms with van der Waals surface area (Å²) in [6.07, 6.45) is 0. The smallest absolute Gasteiger partial charge is 0.214 e. The lowest BCUT2D eigenvalue weighted by molar-refractivity contribution is 0.328. The van der Waals surface area contributed by atoms with Gasteiger partial charge in [-0.2, -0.15) is 0 Å². The normalized spacial score (nSPS) is 10.8. The molecule has 0 saturated carbocycles. The first-order valence-electron chi connectivity index (χ1n) is 5.92. The van der Waals surface area contributed by atoms with Crippen molar-refractivity contribution in [2.75, 3.05) is 12.4 Å². The van der Waals surface area contributed by atoms with Gasteiger partial charge in [0.25, 0.3) is 0 Å². The van der Waals surface area contributed by atoms with Gasteiger partial charge >= 0.3 is 0 Å². The first-order valence-corrected chi connectivity index (χ1v) is 6.90. The van der Waals surface area contributed by atoms with E-state index >= 15 is 0 Å². The molecule has 1 aromatic heterocycles. The van der Waals surface area contributed by atoms with E-state index < -0.39 is 0 Å². The van der Waals surface area contributed by atoms with Gasteiger partial charge in [-0.15, -0.1) is 11.8 Å². The predicted molar refractivity (Wildman–Crippen MR) is 74.0 cm³/mol. The lowest BCUT2D eigenvalue weighted by Crippen LogP contribution is -1.96. The molecule has 1 aromatic carbocycles. The van der Waals surface area contributed by atoms with Crippen molar-refractivity contribution in [1.82, 2.24) is 4.98 Å². The Morgan fingerprint density at radius 1 is 1.29 bits per heavy atom. The van der Waals surface area contributed by atoms with Crippen LogP contribution in [0.1, 0.15) is 19.4 Å². The Hall–Kier alpha value is -1.22. The molecule has 2 aromatic rings. The summed E-state index contributed by atoms with van der Waals surface area (Å²) in [5, 5.41) is 1.21. The highest BCUT2D eigenvalue weighted by molar-refractivity contribution is 7.99. The summed E-state index contributed by atoms with van der Waals surface area (Å²) in [5.41, 5.74) is 2.28. The number of thioether (sulfide) groups is 1. The highest BCUT2D eigenvalue weighted by Gasteiger charge is 2.07. The fraction of sp³-hybridized carbons (Fsp3) is 0.357. The fourth-order valence-electron chi connectivity index (χ4n) is 1.86. The SMILES string of the molecule is CCOc1cc(C)c2cccc(SCC)c2n1. The minimum absolute atomic E-state index is 0.654. The third-order valence-corrected chi connectivity index (χ3v) is 3.51. The van der Waals surface area contributed by atoms with Crippen LogP contribution >= 0.6 is 11.8 Å². The number of hydrogen-bond acceptors (Lipinski definition) is 3. The van der Waals surface area contributed by atoms with Crippen LogP contribution in [0.25, 0.3) is 10.9 Å². The first-order chi connectivity index (χ1) is 8.26. The molecular weight excluding hydrogens is 230 g/mol. The molecule has 0 aliphatic rings. The highest BCUT2D eigenvalue weighted by atomic mass is 32.2. The second kappa shape index (κ2) is 5.41. The van der Waals surface area contributed by atoms with Crippen molar-refractivity contribution in [1.29, 1.82) is 0 Å². The molecule has 1 heterocycles. The van der Waals surface area contributed by atoms with Gasteiger partial charge in [0.2, 0.25) is 5.88 Å². The summed E-state index contributed by atoms with van der Waals surface area (Å²) in [7, 11) is 0. The second-order valence-corrected chi connectivity index (χ2v) is 5.10. The van der Waals surface area contributed by atoms with Gasteiger partial charge in [-0.3, -0.25) is 0 Å². The van der Waals surface area contributed by atoms with Crippen LogP contribution in [-0.2, 0) is 0 Å². The topological polar surface area (TPSA) is 22.1 Å². The maximum atomic E-state index is 5.51. The Kier molecular flexibility index (Phi) is 3.89. The zero-order chi connectivity index (χ0) is 12.3. The maximum Gasteiger partial charge on any atom is 0.214 e. The Balaban J connectivity index is 2.60. The maximum absolute atomic E-state index is 5.51. The summed E-state index contributed by atoms with van der Waals surface area (Å²) in [6.45, 7) is 6.89. The monoisotopic (exact) mass is 247 g/mol. The quantitative estimate of drug-likeness (QED) is 0.761. The van der Waals surface area contributed by atoms with Crippen molar-refractivity contribution in [2.45, 2.75) is 25.7 Å². The van der Waals surface area contributed by atoms with Crippen LogP contribution < -0.4 is 4.74 Å². The summed E-state index contributed by atoms with van der Waals surface area (Å²) in [5.74, 6) is 1.78. The van der Waals surface area contributed by atoms with Crippen molar-refractivity contribution in [3.05, 3.63) is 29.8 Å². The van der Waals surface area contributed by atoms with Crippen LogP contribution in [0.4, 0.5) is 0 Å². The van der Waals surface area contributed by atoms with Crippen LogP contribution in [0.2, 0.25) is 0 Å². The van der Waals surface area contributed by atoms with Gasteiger partial charge in [0, 0.05) is 16.3 Å². The number of aryl methyl sites for hydroxylation is 1. The Labute approximate surface area is 106 Å². The van der Waals surface area contributed by atoms with Gasteiger partial charge in [-0.25, -0.2) is 4.98 Å². The molecule has 0 saturated heterocycles. The van der Waals surface area contributed by atoms with E-state index in [0.717, 1.165) is 17.1 Å². The summed E-state index contributed by atoms with van der Waals surface area (Å²) >= 11 is 1.82. The number of benzene rings is 1. The number of para-hydroxylation sites is 1. The molecule has 17 heavy (non-hydrogen) atoms. The van der Waals surface area contributed by atoms with Gasteiger partial charge in [-0.05, 0) is 31.2 Å². The number of pyridine rings is 1. The van der Waals surface area contributed by atoms with E-state index in [2.05, 4.69) is 37.0 Å². The molecule has 3 heteroatoms. The van der Waals surface area contributed by atoms with Gasteiger partial charge in [-0.1, -0.05) is 19.1 Å². The first kappa shape index (κ1) is 12.2. The average molecular weight is 247 g/mol.